The number of aromatic nitrogens is 2. The number of morpholine rings is 1. The fourth-order valence-corrected chi connectivity index (χ4v) is 7.14. The molecule has 0 radical (unpaired) electrons. The minimum absolute atomic E-state index is 0.00507. The number of hydrogen-bond donors (Lipinski definition) is 3. The average molecular weight is 654 g/mol. The third-order valence-corrected chi connectivity index (χ3v) is 9.75. The van der Waals surface area contributed by atoms with Gasteiger partial charge >= 0.3 is 0 Å². The van der Waals surface area contributed by atoms with Gasteiger partial charge in [-0.1, -0.05) is 44.2 Å². The van der Waals surface area contributed by atoms with Crippen LogP contribution in [0, 0.1) is 5.92 Å². The third-order valence-electron chi connectivity index (χ3n) is 7.86. The summed E-state index contributed by atoms with van der Waals surface area (Å²) in [4.78, 5) is 66.2. The number of benzene rings is 1. The fourth-order valence-electron chi connectivity index (χ4n) is 5.27. The van der Waals surface area contributed by atoms with Gasteiger partial charge in [-0.05, 0) is 31.4 Å². The molecule has 2 aliphatic heterocycles. The molecule has 0 aliphatic carbocycles. The highest BCUT2D eigenvalue weighted by Crippen LogP contribution is 2.27. The second-order valence-electron chi connectivity index (χ2n) is 11.6. The van der Waals surface area contributed by atoms with E-state index >= 15 is 0 Å². The van der Waals surface area contributed by atoms with Crippen LogP contribution in [0.2, 0.25) is 0 Å². The maximum Gasteiger partial charge on any atom is 0.271 e. The molecule has 4 bridgehead atoms. The van der Waals surface area contributed by atoms with Gasteiger partial charge in [-0.15, -0.1) is 22.7 Å². The number of carbonyl (C=O) groups is 4. The molecule has 2 aliphatic rings. The molecule has 1 fully saturated rings. The summed E-state index contributed by atoms with van der Waals surface area (Å²) in [7, 11) is 1.87. The van der Waals surface area contributed by atoms with Crippen LogP contribution in [0.25, 0.3) is 0 Å². The van der Waals surface area contributed by atoms with Crippen molar-refractivity contribution in [1.82, 2.24) is 35.7 Å². The molecule has 2 aromatic heterocycles. The number of amides is 4. The molecule has 240 valence electrons. The number of carbonyl (C=O) groups excluding carboxylic acids is 4. The zero-order valence-corrected chi connectivity index (χ0v) is 27.3. The van der Waals surface area contributed by atoms with Crippen molar-refractivity contribution >= 4 is 46.3 Å². The second-order valence-corrected chi connectivity index (χ2v) is 13.4. The van der Waals surface area contributed by atoms with Crippen molar-refractivity contribution in [3.63, 3.8) is 0 Å². The highest BCUT2D eigenvalue weighted by Gasteiger charge is 2.32. The summed E-state index contributed by atoms with van der Waals surface area (Å²) >= 11 is 2.62. The van der Waals surface area contributed by atoms with Crippen LogP contribution in [0.3, 0.4) is 0 Å². The molecule has 3 N–H and O–H groups in total. The van der Waals surface area contributed by atoms with Crippen LogP contribution in [0.5, 0.6) is 0 Å². The number of rotatable bonds is 4. The van der Waals surface area contributed by atoms with Gasteiger partial charge < -0.3 is 25.6 Å². The Hall–Kier alpha value is -3.72. The summed E-state index contributed by atoms with van der Waals surface area (Å²) in [5.74, 6) is -1.25. The number of nitrogens with zero attached hydrogens (tertiary/aromatic N) is 4. The maximum absolute atomic E-state index is 13.7. The summed E-state index contributed by atoms with van der Waals surface area (Å²) in [5.41, 5.74) is 1.49. The van der Waals surface area contributed by atoms with E-state index in [1.54, 1.807) is 10.8 Å². The third kappa shape index (κ3) is 8.31. The van der Waals surface area contributed by atoms with Crippen molar-refractivity contribution in [3.05, 3.63) is 68.1 Å². The standard InChI is InChI=1S/C31H39N7O5S2/c1-19(2)26-30-35-22(17-45-30)27(40)32-10-7-11-38(31(42)24-16-43-13-12-37(24)3)15-25(39)33-21(14-20-8-5-4-6-9-20)29-34-23(18-44-29)28(41)36-26/h4-6,8-9,17-19,21,24,26H,7,10-16H2,1-3H3,(H,32,40)(H,33,39)(H,36,41)/t21-,24+,26-/m0/s1. The Morgan fingerprint density at radius 3 is 2.44 bits per heavy atom. The van der Waals surface area contributed by atoms with Crippen molar-refractivity contribution in [2.45, 2.75) is 44.8 Å². The predicted octanol–water partition coefficient (Wildman–Crippen LogP) is 2.42. The van der Waals surface area contributed by atoms with E-state index in [1.165, 1.54) is 27.6 Å². The molecule has 45 heavy (non-hydrogen) atoms. The van der Waals surface area contributed by atoms with Gasteiger partial charge in [0.15, 0.2) is 0 Å². The van der Waals surface area contributed by atoms with Crippen LogP contribution in [0.4, 0.5) is 0 Å². The van der Waals surface area contributed by atoms with E-state index in [4.69, 9.17) is 4.74 Å². The van der Waals surface area contributed by atoms with Crippen molar-refractivity contribution in [1.29, 1.82) is 0 Å². The van der Waals surface area contributed by atoms with Gasteiger partial charge in [0.25, 0.3) is 11.8 Å². The number of fused-ring (bicyclic) bond motifs is 4. The highest BCUT2D eigenvalue weighted by molar-refractivity contribution is 7.10. The van der Waals surface area contributed by atoms with Crippen molar-refractivity contribution in [2.75, 3.05) is 46.4 Å². The van der Waals surface area contributed by atoms with Crippen LogP contribution in [0.15, 0.2) is 41.1 Å². The summed E-state index contributed by atoms with van der Waals surface area (Å²) in [6.07, 6.45) is 0.893. The molecule has 12 nitrogen and oxygen atoms in total. The van der Waals surface area contributed by atoms with Gasteiger partial charge in [0.05, 0.1) is 31.8 Å². The molecule has 4 heterocycles. The molecule has 1 saturated heterocycles. The number of hydrogen-bond acceptors (Lipinski definition) is 10. The molecule has 0 saturated carbocycles. The Balaban J connectivity index is 1.45. The molecule has 0 unspecified atom stereocenters. The summed E-state index contributed by atoms with van der Waals surface area (Å²) < 4.78 is 5.58. The van der Waals surface area contributed by atoms with E-state index in [-0.39, 0.29) is 67.2 Å². The van der Waals surface area contributed by atoms with Gasteiger partial charge in [-0.25, -0.2) is 9.97 Å². The smallest absolute Gasteiger partial charge is 0.271 e. The predicted molar refractivity (Wildman–Crippen MR) is 171 cm³/mol. The monoisotopic (exact) mass is 653 g/mol. The first-order valence-corrected chi connectivity index (χ1v) is 16.9. The largest absolute Gasteiger partial charge is 0.378 e. The second kappa shape index (κ2) is 15.0. The Labute approximate surface area is 270 Å². The summed E-state index contributed by atoms with van der Waals surface area (Å²) in [6.45, 7) is 5.72. The average Bonchev–Trinajstić information content (AvgIpc) is 3.72. The molecular formula is C31H39N7O5S2. The van der Waals surface area contributed by atoms with Gasteiger partial charge in [-0.2, -0.15) is 0 Å². The Morgan fingerprint density at radius 2 is 1.71 bits per heavy atom. The van der Waals surface area contributed by atoms with Gasteiger partial charge in [-0.3, -0.25) is 24.1 Å². The first-order valence-electron chi connectivity index (χ1n) is 15.1. The summed E-state index contributed by atoms with van der Waals surface area (Å²) in [6, 6.07) is 8.28. The van der Waals surface area contributed by atoms with Crippen LogP contribution in [0.1, 0.15) is 68.9 Å². The lowest BCUT2D eigenvalue weighted by Crippen LogP contribution is -2.55. The van der Waals surface area contributed by atoms with Crippen LogP contribution in [-0.4, -0.2) is 95.9 Å². The molecule has 3 atom stereocenters. The number of ether oxygens (including phenoxy) is 1. The molecule has 4 amide bonds. The minimum atomic E-state index is -0.520. The Morgan fingerprint density at radius 1 is 1.00 bits per heavy atom. The van der Waals surface area contributed by atoms with E-state index in [0.29, 0.717) is 36.0 Å². The lowest BCUT2D eigenvalue weighted by molar-refractivity contribution is -0.145. The molecule has 3 aromatic rings. The van der Waals surface area contributed by atoms with E-state index in [0.717, 1.165) is 5.56 Å². The Bertz CT molecular complexity index is 1490. The lowest BCUT2D eigenvalue weighted by atomic mass is 10.0. The van der Waals surface area contributed by atoms with E-state index in [2.05, 4.69) is 25.9 Å². The van der Waals surface area contributed by atoms with E-state index < -0.39 is 18.1 Å². The van der Waals surface area contributed by atoms with Crippen LogP contribution >= 0.6 is 22.7 Å². The first-order chi connectivity index (χ1) is 21.7. The molecule has 5 rings (SSSR count). The van der Waals surface area contributed by atoms with E-state index in [1.807, 2.05) is 56.1 Å². The molecule has 14 heteroatoms. The lowest BCUT2D eigenvalue weighted by Gasteiger charge is -2.35. The van der Waals surface area contributed by atoms with Gasteiger partial charge in [0.1, 0.15) is 27.4 Å². The van der Waals surface area contributed by atoms with Gasteiger partial charge in [0.2, 0.25) is 11.8 Å². The topological polar surface area (TPSA) is 146 Å². The zero-order valence-electron chi connectivity index (χ0n) is 25.7. The van der Waals surface area contributed by atoms with Crippen LogP contribution in [-0.2, 0) is 20.7 Å². The summed E-state index contributed by atoms with van der Waals surface area (Å²) in [5, 5.41) is 13.6. The first kappa shape index (κ1) is 32.7. The minimum Gasteiger partial charge on any atom is -0.378 e. The zero-order chi connectivity index (χ0) is 31.9. The number of nitrogens with one attached hydrogen (secondary N) is 3. The molecular weight excluding hydrogens is 615 g/mol. The quantitative estimate of drug-likeness (QED) is 0.390. The van der Waals surface area contributed by atoms with Crippen LogP contribution < -0.4 is 16.0 Å². The van der Waals surface area contributed by atoms with E-state index in [9.17, 15) is 19.2 Å². The normalized spacial score (nSPS) is 22.5. The van der Waals surface area contributed by atoms with Crippen molar-refractivity contribution in [2.24, 2.45) is 5.92 Å². The maximum atomic E-state index is 13.7. The SMILES string of the molecule is CC(C)[C@@H]1NC(=O)c2csc(n2)[C@H](Cc2ccccc2)NC(=O)CN(C(=O)[C@H]2COCCN2C)CCCNC(=O)c2csc1n2. The fraction of sp³-hybridized carbons (Fsp3) is 0.484. The number of likely N-dealkylation sites (N-methyl/N-ethyl adjacent to an activating group) is 1. The Kier molecular flexibility index (Phi) is 10.9. The van der Waals surface area contributed by atoms with Crippen molar-refractivity contribution < 1.29 is 23.9 Å². The van der Waals surface area contributed by atoms with Crippen molar-refractivity contribution in [3.8, 4) is 0 Å². The molecule has 0 spiro atoms. The van der Waals surface area contributed by atoms with Gasteiger partial charge in [0, 0.05) is 30.4 Å². The number of thiazole rings is 2. The highest BCUT2D eigenvalue weighted by atomic mass is 32.1. The molecule has 1 aromatic carbocycles.